The molecule has 6 nitrogen and oxygen atoms in total. The van der Waals surface area contributed by atoms with Gasteiger partial charge in [-0.15, -0.1) is 0 Å². The predicted molar refractivity (Wildman–Crippen MR) is 67.2 cm³/mol. The third-order valence-corrected chi connectivity index (χ3v) is 2.29. The van der Waals surface area contributed by atoms with Crippen LogP contribution in [0.2, 0.25) is 0 Å². The van der Waals surface area contributed by atoms with Crippen LogP contribution in [0.1, 0.15) is 5.82 Å². The van der Waals surface area contributed by atoms with Crippen LogP contribution in [-0.4, -0.2) is 35.2 Å². The van der Waals surface area contributed by atoms with E-state index in [1.807, 2.05) is 12.1 Å². The molecular formula is C12H14N4O2. The van der Waals surface area contributed by atoms with Gasteiger partial charge in [-0.3, -0.25) is 0 Å². The topological polar surface area (TPSA) is 71.3 Å². The molecule has 2 rings (SSSR count). The van der Waals surface area contributed by atoms with Crippen molar-refractivity contribution in [2.45, 2.75) is 6.92 Å². The second-order valence-electron chi connectivity index (χ2n) is 4.05. The lowest BCUT2D eigenvalue weighted by Gasteiger charge is -2.12. The average molecular weight is 246 g/mol. The van der Waals surface area contributed by atoms with Crippen molar-refractivity contribution in [2.75, 3.05) is 19.4 Å². The largest absolute Gasteiger partial charge is 0.334 e. The maximum atomic E-state index is 11.5. The van der Waals surface area contributed by atoms with Crippen LogP contribution in [0.5, 0.6) is 0 Å². The number of aromatic nitrogens is 2. The third kappa shape index (κ3) is 2.65. The Balaban J connectivity index is 2.23. The van der Waals surface area contributed by atoms with Crippen molar-refractivity contribution in [3.8, 4) is 11.5 Å². The van der Waals surface area contributed by atoms with Gasteiger partial charge in [0, 0.05) is 25.3 Å². The molecule has 0 aliphatic carbocycles. The first-order valence-corrected chi connectivity index (χ1v) is 5.45. The van der Waals surface area contributed by atoms with Gasteiger partial charge in [-0.2, -0.15) is 4.98 Å². The lowest BCUT2D eigenvalue weighted by Crippen LogP contribution is -2.27. The Hall–Kier alpha value is -2.37. The molecule has 0 unspecified atom stereocenters. The van der Waals surface area contributed by atoms with E-state index in [4.69, 9.17) is 4.52 Å². The Kier molecular flexibility index (Phi) is 3.27. The lowest BCUT2D eigenvalue weighted by atomic mass is 10.2. The molecule has 2 aromatic rings. The number of benzene rings is 1. The van der Waals surface area contributed by atoms with E-state index >= 15 is 0 Å². The summed E-state index contributed by atoms with van der Waals surface area (Å²) in [5.41, 5.74) is 1.45. The third-order valence-electron chi connectivity index (χ3n) is 2.29. The van der Waals surface area contributed by atoms with E-state index in [1.54, 1.807) is 33.2 Å². The average Bonchev–Trinajstić information content (AvgIpc) is 2.76. The van der Waals surface area contributed by atoms with Crippen molar-refractivity contribution in [3.63, 3.8) is 0 Å². The fourth-order valence-corrected chi connectivity index (χ4v) is 1.38. The summed E-state index contributed by atoms with van der Waals surface area (Å²) in [6, 6.07) is 7.06. The molecular weight excluding hydrogens is 232 g/mol. The van der Waals surface area contributed by atoms with E-state index in [0.29, 0.717) is 17.4 Å². The van der Waals surface area contributed by atoms with Crippen LogP contribution in [0.15, 0.2) is 28.8 Å². The van der Waals surface area contributed by atoms with Gasteiger partial charge in [-0.25, -0.2) is 4.79 Å². The Morgan fingerprint density at radius 3 is 2.78 bits per heavy atom. The number of hydrogen-bond donors (Lipinski definition) is 1. The predicted octanol–water partition coefficient (Wildman–Crippen LogP) is 2.14. The Morgan fingerprint density at radius 2 is 2.17 bits per heavy atom. The number of nitrogens with one attached hydrogen (secondary N) is 1. The molecule has 0 aliphatic rings. The van der Waals surface area contributed by atoms with Gasteiger partial charge in [0.25, 0.3) is 5.89 Å². The fraction of sp³-hybridized carbons (Fsp3) is 0.250. The minimum atomic E-state index is -0.186. The van der Waals surface area contributed by atoms with Crippen LogP contribution >= 0.6 is 0 Å². The molecule has 6 heteroatoms. The van der Waals surface area contributed by atoms with Crippen LogP contribution in [0.25, 0.3) is 11.5 Å². The monoisotopic (exact) mass is 246 g/mol. The summed E-state index contributed by atoms with van der Waals surface area (Å²) < 4.78 is 5.07. The second-order valence-corrected chi connectivity index (χ2v) is 4.05. The van der Waals surface area contributed by atoms with Gasteiger partial charge in [-0.1, -0.05) is 11.2 Å². The van der Waals surface area contributed by atoms with Gasteiger partial charge in [-0.05, 0) is 25.1 Å². The molecule has 0 saturated heterocycles. The molecule has 0 fully saturated rings. The molecule has 0 bridgehead atoms. The van der Waals surface area contributed by atoms with Gasteiger partial charge in [0.05, 0.1) is 0 Å². The molecule has 94 valence electrons. The van der Waals surface area contributed by atoms with Crippen molar-refractivity contribution < 1.29 is 9.32 Å². The SMILES string of the molecule is Cc1noc(-c2cccc(NC(=O)N(C)C)c2)n1. The summed E-state index contributed by atoms with van der Waals surface area (Å²) in [7, 11) is 3.36. The van der Waals surface area contributed by atoms with Gasteiger partial charge in [0.15, 0.2) is 5.82 Å². The molecule has 1 aromatic heterocycles. The molecule has 0 saturated carbocycles. The first-order chi connectivity index (χ1) is 8.56. The summed E-state index contributed by atoms with van der Waals surface area (Å²) >= 11 is 0. The zero-order valence-corrected chi connectivity index (χ0v) is 10.5. The van der Waals surface area contributed by atoms with E-state index in [1.165, 1.54) is 4.90 Å². The van der Waals surface area contributed by atoms with Gasteiger partial charge < -0.3 is 14.7 Å². The molecule has 0 aliphatic heterocycles. The Labute approximate surface area is 105 Å². The number of anilines is 1. The first kappa shape index (κ1) is 12.1. The van der Waals surface area contributed by atoms with E-state index in [9.17, 15) is 4.79 Å². The standard InChI is InChI=1S/C12H14N4O2/c1-8-13-11(18-15-8)9-5-4-6-10(7-9)14-12(17)16(2)3/h4-7H,1-3H3,(H,14,17). The van der Waals surface area contributed by atoms with E-state index < -0.39 is 0 Å². The number of carbonyl (C=O) groups is 1. The van der Waals surface area contributed by atoms with Gasteiger partial charge >= 0.3 is 6.03 Å². The Morgan fingerprint density at radius 1 is 1.39 bits per heavy atom. The van der Waals surface area contributed by atoms with Crippen LogP contribution in [0, 0.1) is 6.92 Å². The number of carbonyl (C=O) groups excluding carboxylic acids is 1. The van der Waals surface area contributed by atoms with Crippen molar-refractivity contribution in [2.24, 2.45) is 0 Å². The summed E-state index contributed by atoms with van der Waals surface area (Å²) in [6.45, 7) is 1.75. The Bertz CT molecular complexity index is 563. The highest BCUT2D eigenvalue weighted by Crippen LogP contribution is 2.20. The molecule has 0 spiro atoms. The highest BCUT2D eigenvalue weighted by Gasteiger charge is 2.08. The maximum Gasteiger partial charge on any atom is 0.321 e. The molecule has 1 aromatic carbocycles. The van der Waals surface area contributed by atoms with Crippen LogP contribution < -0.4 is 5.32 Å². The number of urea groups is 1. The molecule has 2 amide bonds. The number of amides is 2. The maximum absolute atomic E-state index is 11.5. The lowest BCUT2D eigenvalue weighted by molar-refractivity contribution is 0.230. The van der Waals surface area contributed by atoms with Gasteiger partial charge in [0.1, 0.15) is 0 Å². The fourth-order valence-electron chi connectivity index (χ4n) is 1.38. The van der Waals surface area contributed by atoms with Crippen LogP contribution in [-0.2, 0) is 0 Å². The first-order valence-electron chi connectivity index (χ1n) is 5.45. The minimum Gasteiger partial charge on any atom is -0.334 e. The van der Waals surface area contributed by atoms with Gasteiger partial charge in [0.2, 0.25) is 0 Å². The molecule has 1 heterocycles. The summed E-state index contributed by atoms with van der Waals surface area (Å²) in [6.07, 6.45) is 0. The smallest absolute Gasteiger partial charge is 0.321 e. The quantitative estimate of drug-likeness (QED) is 0.881. The van der Waals surface area contributed by atoms with E-state index in [-0.39, 0.29) is 6.03 Å². The zero-order valence-electron chi connectivity index (χ0n) is 10.5. The van der Waals surface area contributed by atoms with Crippen molar-refractivity contribution in [1.29, 1.82) is 0 Å². The molecule has 0 radical (unpaired) electrons. The highest BCUT2D eigenvalue weighted by molar-refractivity contribution is 5.89. The van der Waals surface area contributed by atoms with Crippen LogP contribution in [0.4, 0.5) is 10.5 Å². The van der Waals surface area contributed by atoms with E-state index in [0.717, 1.165) is 5.56 Å². The minimum absolute atomic E-state index is 0.186. The second kappa shape index (κ2) is 4.87. The highest BCUT2D eigenvalue weighted by atomic mass is 16.5. The van der Waals surface area contributed by atoms with Crippen molar-refractivity contribution in [1.82, 2.24) is 15.0 Å². The zero-order chi connectivity index (χ0) is 13.1. The molecule has 18 heavy (non-hydrogen) atoms. The number of nitrogens with zero attached hydrogens (tertiary/aromatic N) is 3. The molecule has 1 N–H and O–H groups in total. The summed E-state index contributed by atoms with van der Waals surface area (Å²) in [5.74, 6) is 1.01. The normalized spacial score (nSPS) is 10.2. The van der Waals surface area contributed by atoms with Crippen LogP contribution in [0.3, 0.4) is 0 Å². The van der Waals surface area contributed by atoms with E-state index in [2.05, 4.69) is 15.5 Å². The van der Waals surface area contributed by atoms with Crippen molar-refractivity contribution in [3.05, 3.63) is 30.1 Å². The molecule has 0 atom stereocenters. The number of aryl methyl sites for hydroxylation is 1. The number of hydrogen-bond acceptors (Lipinski definition) is 4. The van der Waals surface area contributed by atoms with Crippen molar-refractivity contribution >= 4 is 11.7 Å². The number of rotatable bonds is 2. The summed E-state index contributed by atoms with van der Waals surface area (Å²) in [5, 5.41) is 6.49. The summed E-state index contributed by atoms with van der Waals surface area (Å²) in [4.78, 5) is 17.1.